The van der Waals surface area contributed by atoms with Crippen molar-refractivity contribution in [3.8, 4) is 0 Å². The summed E-state index contributed by atoms with van der Waals surface area (Å²) in [7, 11) is 0. The first-order chi connectivity index (χ1) is 20.8. The van der Waals surface area contributed by atoms with Crippen molar-refractivity contribution in [3.63, 3.8) is 0 Å². The number of imide groups is 1. The summed E-state index contributed by atoms with van der Waals surface area (Å²) >= 11 is 0. The number of nitrogens with one attached hydrogen (secondary N) is 2. The van der Waals surface area contributed by atoms with Gasteiger partial charge in [0.15, 0.2) is 0 Å². The molecule has 4 heterocycles. The third kappa shape index (κ3) is 3.84. The number of rotatable bonds is 5. The van der Waals surface area contributed by atoms with Gasteiger partial charge in [0.1, 0.15) is 12.3 Å². The SMILES string of the molecule is CC1OC(n2c3ccccc3c3c4c(c5c6ccccc6[nH]c5c32)C(=O)N(CCN[C@H]2CCC[C@@H]2N)C4=O)CC(O)C1O. The Morgan fingerprint density at radius 1 is 1.00 bits per heavy atom. The van der Waals surface area contributed by atoms with Crippen LogP contribution < -0.4 is 11.1 Å². The quantitative estimate of drug-likeness (QED) is 0.200. The second-order valence-electron chi connectivity index (χ2n) is 12.3. The van der Waals surface area contributed by atoms with Crippen LogP contribution in [0.5, 0.6) is 0 Å². The van der Waals surface area contributed by atoms with E-state index in [-0.39, 0.29) is 36.9 Å². The van der Waals surface area contributed by atoms with Crippen LogP contribution in [0, 0.1) is 0 Å². The molecule has 2 aromatic heterocycles. The molecule has 10 nitrogen and oxygen atoms in total. The largest absolute Gasteiger partial charge is 0.390 e. The lowest BCUT2D eigenvalue weighted by atomic mass is 9.96. The van der Waals surface area contributed by atoms with E-state index in [0.717, 1.165) is 52.1 Å². The first kappa shape index (κ1) is 26.8. The molecule has 1 saturated carbocycles. The lowest BCUT2D eigenvalue weighted by Crippen LogP contribution is -2.45. The number of aromatic amines is 1. The highest BCUT2D eigenvalue weighted by Crippen LogP contribution is 2.47. The Kier molecular flexibility index (Phi) is 6.15. The van der Waals surface area contributed by atoms with Crippen LogP contribution in [-0.2, 0) is 4.74 Å². The molecule has 222 valence electrons. The van der Waals surface area contributed by atoms with Gasteiger partial charge in [0.05, 0.1) is 39.9 Å². The van der Waals surface area contributed by atoms with Crippen molar-refractivity contribution in [3.05, 3.63) is 59.7 Å². The van der Waals surface area contributed by atoms with Gasteiger partial charge in [-0.1, -0.05) is 42.8 Å². The maximum absolute atomic E-state index is 14.3. The summed E-state index contributed by atoms with van der Waals surface area (Å²) in [6.45, 7) is 2.46. The number of aromatic nitrogens is 2. The smallest absolute Gasteiger partial charge is 0.262 e. The van der Waals surface area contributed by atoms with Crippen LogP contribution in [0.1, 0.15) is 59.6 Å². The second-order valence-corrected chi connectivity index (χ2v) is 12.3. The molecule has 2 fully saturated rings. The molecule has 3 aromatic carbocycles. The van der Waals surface area contributed by atoms with E-state index < -0.39 is 24.5 Å². The third-order valence-electron chi connectivity index (χ3n) is 9.81. The summed E-state index contributed by atoms with van der Waals surface area (Å²) in [4.78, 5) is 33.5. The number of amides is 2. The van der Waals surface area contributed by atoms with Crippen LogP contribution in [0.3, 0.4) is 0 Å². The molecule has 1 saturated heterocycles. The minimum Gasteiger partial charge on any atom is -0.390 e. The molecule has 3 aliphatic rings. The van der Waals surface area contributed by atoms with Crippen LogP contribution in [0.2, 0.25) is 0 Å². The zero-order chi connectivity index (χ0) is 29.6. The molecule has 8 rings (SSSR count). The molecule has 5 aromatic rings. The summed E-state index contributed by atoms with van der Waals surface area (Å²) in [6, 6.07) is 15.9. The lowest BCUT2D eigenvalue weighted by molar-refractivity contribution is -0.182. The summed E-state index contributed by atoms with van der Waals surface area (Å²) < 4.78 is 8.34. The fourth-order valence-electron chi connectivity index (χ4n) is 7.70. The monoisotopic (exact) mass is 581 g/mol. The van der Waals surface area contributed by atoms with Gasteiger partial charge in [0.25, 0.3) is 11.8 Å². The van der Waals surface area contributed by atoms with Crippen molar-refractivity contribution in [1.82, 2.24) is 19.8 Å². The van der Waals surface area contributed by atoms with E-state index in [4.69, 9.17) is 10.5 Å². The van der Waals surface area contributed by atoms with Gasteiger partial charge in [-0.15, -0.1) is 0 Å². The number of benzene rings is 3. The number of carbonyl (C=O) groups is 2. The predicted octanol–water partition coefficient (Wildman–Crippen LogP) is 3.52. The van der Waals surface area contributed by atoms with Gasteiger partial charge in [-0.25, -0.2) is 0 Å². The zero-order valence-corrected chi connectivity index (χ0v) is 23.9. The molecule has 0 radical (unpaired) electrons. The molecule has 2 amide bonds. The van der Waals surface area contributed by atoms with Crippen LogP contribution in [0.25, 0.3) is 43.6 Å². The van der Waals surface area contributed by atoms with Gasteiger partial charge in [-0.3, -0.25) is 14.5 Å². The van der Waals surface area contributed by atoms with Crippen LogP contribution >= 0.6 is 0 Å². The van der Waals surface area contributed by atoms with Crippen molar-refractivity contribution in [2.75, 3.05) is 13.1 Å². The second kappa shape index (κ2) is 9.87. The highest BCUT2D eigenvalue weighted by Gasteiger charge is 2.43. The summed E-state index contributed by atoms with van der Waals surface area (Å²) in [6.07, 6.45) is 0.0392. The van der Waals surface area contributed by atoms with E-state index in [2.05, 4.69) is 10.3 Å². The average molecular weight is 582 g/mol. The molecular formula is C33H35N5O5. The van der Waals surface area contributed by atoms with Gasteiger partial charge in [-0.05, 0) is 31.9 Å². The number of nitrogens with zero attached hydrogens (tertiary/aromatic N) is 2. The van der Waals surface area contributed by atoms with Gasteiger partial charge in [0.2, 0.25) is 0 Å². The first-order valence-electron chi connectivity index (χ1n) is 15.2. The number of hydrogen-bond acceptors (Lipinski definition) is 7. The highest BCUT2D eigenvalue weighted by molar-refractivity contribution is 6.39. The number of carbonyl (C=O) groups excluding carboxylic acids is 2. The lowest BCUT2D eigenvalue weighted by Gasteiger charge is -2.36. The topological polar surface area (TPSA) is 146 Å². The molecule has 10 heteroatoms. The Morgan fingerprint density at radius 2 is 1.72 bits per heavy atom. The van der Waals surface area contributed by atoms with E-state index in [0.29, 0.717) is 28.4 Å². The zero-order valence-electron chi connectivity index (χ0n) is 23.9. The fourth-order valence-corrected chi connectivity index (χ4v) is 7.70. The molecule has 2 aliphatic heterocycles. The van der Waals surface area contributed by atoms with Gasteiger partial charge in [-0.2, -0.15) is 0 Å². The van der Waals surface area contributed by atoms with Crippen molar-refractivity contribution in [1.29, 1.82) is 0 Å². The number of fused-ring (bicyclic) bond motifs is 10. The summed E-state index contributed by atoms with van der Waals surface area (Å²) in [5.41, 5.74) is 10.2. The van der Waals surface area contributed by atoms with Crippen molar-refractivity contribution >= 4 is 55.4 Å². The van der Waals surface area contributed by atoms with Crippen LogP contribution in [0.4, 0.5) is 0 Å². The van der Waals surface area contributed by atoms with Crippen LogP contribution in [0.15, 0.2) is 48.5 Å². The van der Waals surface area contributed by atoms with E-state index in [1.807, 2.05) is 53.1 Å². The Balaban J connectivity index is 1.37. The molecular weight excluding hydrogens is 546 g/mol. The first-order valence-corrected chi connectivity index (χ1v) is 15.2. The van der Waals surface area contributed by atoms with E-state index in [1.165, 1.54) is 4.90 Å². The van der Waals surface area contributed by atoms with Crippen molar-refractivity contribution in [2.24, 2.45) is 5.73 Å². The maximum Gasteiger partial charge on any atom is 0.262 e. The molecule has 43 heavy (non-hydrogen) atoms. The van der Waals surface area contributed by atoms with Gasteiger partial charge in [0, 0.05) is 58.7 Å². The minimum atomic E-state index is -0.998. The van der Waals surface area contributed by atoms with E-state index in [9.17, 15) is 19.8 Å². The Bertz CT molecular complexity index is 1930. The maximum atomic E-state index is 14.3. The summed E-state index contributed by atoms with van der Waals surface area (Å²) in [5, 5.41) is 27.8. The molecule has 1 aliphatic carbocycles. The standard InChI is InChI=1S/C33H35N5O5/c1-16-31(40)23(39)15-24(43-16)38-22-12-5-3-8-18(22)26-28-27(25-17-7-2-4-10-20(17)36-29(25)30(26)38)32(41)37(33(28)42)14-13-35-21-11-6-9-19(21)34/h2-5,7-8,10,12,16,19,21,23-24,31,35-36,39-40H,6,9,11,13-15,34H2,1H3/t16?,19-,21-,23?,24?,31?/m0/s1. The number of nitrogens with two attached hydrogens (primary N) is 1. The number of ether oxygens (including phenoxy) is 1. The predicted molar refractivity (Wildman–Crippen MR) is 164 cm³/mol. The van der Waals surface area contributed by atoms with Gasteiger partial charge < -0.3 is 35.6 Å². The fraction of sp³-hybridized carbons (Fsp3) is 0.394. The summed E-state index contributed by atoms with van der Waals surface area (Å²) in [5.74, 6) is -0.613. The van der Waals surface area contributed by atoms with Crippen molar-refractivity contribution < 1.29 is 24.5 Å². The Labute approximate surface area is 247 Å². The minimum absolute atomic E-state index is 0.0862. The molecule has 6 N–H and O–H groups in total. The molecule has 0 bridgehead atoms. The third-order valence-corrected chi connectivity index (χ3v) is 9.81. The van der Waals surface area contributed by atoms with Gasteiger partial charge >= 0.3 is 0 Å². The molecule has 0 spiro atoms. The molecule has 6 atom stereocenters. The number of para-hydroxylation sites is 2. The molecule has 4 unspecified atom stereocenters. The number of aliphatic hydroxyl groups is 2. The Morgan fingerprint density at radius 3 is 2.47 bits per heavy atom. The normalized spacial score (nSPS) is 27.9. The van der Waals surface area contributed by atoms with E-state index >= 15 is 0 Å². The Hall–Kier alpha value is -3.80. The van der Waals surface area contributed by atoms with Crippen LogP contribution in [-0.4, -0.2) is 80.0 Å². The number of H-pyrrole nitrogens is 1. The number of aliphatic hydroxyl groups excluding tert-OH is 2. The highest BCUT2D eigenvalue weighted by atomic mass is 16.5. The van der Waals surface area contributed by atoms with E-state index in [1.54, 1.807) is 6.92 Å². The number of hydrogen-bond donors (Lipinski definition) is 5. The van der Waals surface area contributed by atoms with Crippen molar-refractivity contribution in [2.45, 2.75) is 69.2 Å². The average Bonchev–Trinajstić information content (AvgIpc) is 3.74.